The predicted octanol–water partition coefficient (Wildman–Crippen LogP) is -0.889. The van der Waals surface area contributed by atoms with E-state index in [4.69, 9.17) is 27.0 Å². The fraction of sp³-hybridized carbons (Fsp3) is 0.647. The molecule has 0 saturated carbocycles. The zero-order valence-electron chi connectivity index (χ0n) is 43.9. The predicted molar refractivity (Wildman–Crippen MR) is 280 cm³/mol. The molecule has 0 spiro atoms. The van der Waals surface area contributed by atoms with Crippen LogP contribution in [0.1, 0.15) is 117 Å². The van der Waals surface area contributed by atoms with Crippen LogP contribution in [-0.2, 0) is 54.3 Å². The number of H-pyrrole nitrogens is 1. The van der Waals surface area contributed by atoms with E-state index in [9.17, 15) is 43.2 Å². The highest BCUT2D eigenvalue weighted by Gasteiger charge is 2.41. The summed E-state index contributed by atoms with van der Waals surface area (Å²) in [6, 6.07) is -0.242. The molecule has 1 aromatic heterocycles. The van der Waals surface area contributed by atoms with Gasteiger partial charge in [0.2, 0.25) is 47.3 Å². The van der Waals surface area contributed by atoms with Gasteiger partial charge in [-0.25, -0.2) is 4.79 Å². The van der Waals surface area contributed by atoms with Crippen LogP contribution < -0.4 is 54.4 Å². The zero-order valence-corrected chi connectivity index (χ0v) is 43.9. The minimum atomic E-state index is -1.27. The topological polar surface area (TPSA) is 377 Å². The van der Waals surface area contributed by atoms with Crippen molar-refractivity contribution >= 4 is 70.1 Å². The number of fused-ring (bicyclic) bond motifs is 1. The smallest absolute Gasteiger partial charge is 0.328 e. The molecule has 2 fully saturated rings. The molecule has 8 amide bonds. The highest BCUT2D eigenvalue weighted by Crippen LogP contribution is 2.23. The van der Waals surface area contributed by atoms with Gasteiger partial charge in [0, 0.05) is 49.6 Å². The van der Waals surface area contributed by atoms with Crippen LogP contribution in [0.2, 0.25) is 0 Å². The average Bonchev–Trinajstić information content (AvgIpc) is 4.16. The number of para-hydroxylation sites is 1. The first-order valence-corrected chi connectivity index (χ1v) is 26.3. The van der Waals surface area contributed by atoms with E-state index < -0.39 is 102 Å². The molecule has 0 aliphatic carbocycles. The van der Waals surface area contributed by atoms with Crippen molar-refractivity contribution in [2.45, 2.75) is 160 Å². The average molecular weight is 1050 g/mol. The van der Waals surface area contributed by atoms with Crippen LogP contribution >= 0.6 is 0 Å². The van der Waals surface area contributed by atoms with Crippen molar-refractivity contribution in [3.05, 3.63) is 36.0 Å². The van der Waals surface area contributed by atoms with Gasteiger partial charge in [-0.15, -0.1) is 0 Å². The molecule has 2 saturated heterocycles. The van der Waals surface area contributed by atoms with Gasteiger partial charge in [-0.05, 0) is 101 Å². The van der Waals surface area contributed by atoms with Crippen molar-refractivity contribution in [3.8, 4) is 0 Å². The number of hydrogen-bond acceptors (Lipinski definition) is 13. The lowest BCUT2D eigenvalue weighted by molar-refractivity contribution is -0.149. The Balaban J connectivity index is 1.58. The fourth-order valence-electron chi connectivity index (χ4n) is 9.03. The van der Waals surface area contributed by atoms with Gasteiger partial charge in [0.05, 0.1) is 13.2 Å². The third kappa shape index (κ3) is 19.4. The lowest BCUT2D eigenvalue weighted by Crippen LogP contribution is -2.60. The van der Waals surface area contributed by atoms with E-state index >= 15 is 0 Å². The molecular weight excluding hydrogens is 971 g/mol. The first-order chi connectivity index (χ1) is 35.9. The van der Waals surface area contributed by atoms with E-state index in [-0.39, 0.29) is 95.5 Å². The summed E-state index contributed by atoms with van der Waals surface area (Å²) in [5.74, 6) is -6.00. The van der Waals surface area contributed by atoms with Crippen molar-refractivity contribution in [3.63, 3.8) is 0 Å². The van der Waals surface area contributed by atoms with E-state index in [1.54, 1.807) is 13.1 Å². The number of guanidine groups is 1. The van der Waals surface area contributed by atoms with E-state index in [1.807, 2.05) is 45.0 Å². The summed E-state index contributed by atoms with van der Waals surface area (Å²) < 4.78 is 5.44. The highest BCUT2D eigenvalue weighted by atomic mass is 16.5. The van der Waals surface area contributed by atoms with Crippen LogP contribution in [0.5, 0.6) is 0 Å². The number of aliphatic hydroxyl groups is 1. The van der Waals surface area contributed by atoms with Crippen LogP contribution in [-0.4, -0.2) is 156 Å². The number of benzene rings is 1. The van der Waals surface area contributed by atoms with Crippen LogP contribution in [0, 0.1) is 11.8 Å². The van der Waals surface area contributed by atoms with Crippen LogP contribution in [0.25, 0.3) is 10.9 Å². The maximum Gasteiger partial charge on any atom is 0.328 e. The molecular formula is C51H81N13O11. The Hall–Kier alpha value is -6.82. The number of carbonyl (C=O) groups is 9. The maximum absolute atomic E-state index is 14.7. The number of amides is 8. The minimum absolute atomic E-state index is 0.0103. The Kier molecular flexibility index (Phi) is 25.2. The number of likely N-dealkylation sites (tertiary alicyclic amines) is 1. The van der Waals surface area contributed by atoms with Gasteiger partial charge in [0.25, 0.3) is 0 Å². The van der Waals surface area contributed by atoms with Crippen molar-refractivity contribution in [1.82, 2.24) is 47.1 Å². The lowest BCUT2D eigenvalue weighted by atomic mass is 9.96. The number of rotatable bonds is 32. The number of aromatic nitrogens is 1. The summed E-state index contributed by atoms with van der Waals surface area (Å²) in [6.45, 7) is 7.51. The highest BCUT2D eigenvalue weighted by molar-refractivity contribution is 5.98. The van der Waals surface area contributed by atoms with Crippen molar-refractivity contribution in [2.75, 3.05) is 39.4 Å². The van der Waals surface area contributed by atoms with E-state index in [2.05, 4.69) is 47.2 Å². The molecule has 1 aromatic carbocycles. The number of nitrogens with two attached hydrogens (primary N) is 3. The molecule has 0 unspecified atom stereocenters. The van der Waals surface area contributed by atoms with Gasteiger partial charge >= 0.3 is 5.97 Å². The molecule has 24 heteroatoms. The lowest BCUT2D eigenvalue weighted by Gasteiger charge is -2.31. The number of hydrogen-bond donors (Lipinski definition) is 12. The van der Waals surface area contributed by atoms with Crippen LogP contribution in [0.15, 0.2) is 35.5 Å². The monoisotopic (exact) mass is 1050 g/mol. The Morgan fingerprint density at radius 3 is 2.24 bits per heavy atom. The summed E-state index contributed by atoms with van der Waals surface area (Å²) in [5.41, 5.74) is 18.3. The number of nitrogens with one attached hydrogen (secondary N) is 8. The van der Waals surface area contributed by atoms with Crippen LogP contribution in [0.4, 0.5) is 0 Å². The maximum atomic E-state index is 14.7. The summed E-state index contributed by atoms with van der Waals surface area (Å²) in [4.78, 5) is 131. The van der Waals surface area contributed by atoms with Gasteiger partial charge in [0.1, 0.15) is 42.3 Å². The molecule has 0 bridgehead atoms. The number of aliphatic imine (C=N–C) groups is 1. The Bertz CT molecular complexity index is 2290. The molecule has 416 valence electrons. The van der Waals surface area contributed by atoms with E-state index in [0.717, 1.165) is 10.9 Å². The van der Waals surface area contributed by atoms with Gasteiger partial charge in [-0.3, -0.25) is 43.3 Å². The van der Waals surface area contributed by atoms with Crippen molar-refractivity contribution in [1.29, 1.82) is 0 Å². The van der Waals surface area contributed by atoms with E-state index in [0.29, 0.717) is 50.6 Å². The quantitative estimate of drug-likeness (QED) is 0.0183. The second kappa shape index (κ2) is 31.2. The number of carbonyl (C=O) groups excluding carboxylic acids is 9. The molecule has 8 atom stereocenters. The molecule has 2 aliphatic heterocycles. The first-order valence-electron chi connectivity index (χ1n) is 26.3. The zero-order chi connectivity index (χ0) is 55.0. The Morgan fingerprint density at radius 1 is 0.840 bits per heavy atom. The van der Waals surface area contributed by atoms with Gasteiger partial charge in [-0.1, -0.05) is 52.3 Å². The summed E-state index contributed by atoms with van der Waals surface area (Å²) in [6.07, 6.45) is 5.77. The normalized spacial score (nSPS) is 17.6. The van der Waals surface area contributed by atoms with E-state index in [1.165, 1.54) is 4.90 Å². The number of unbranched alkanes of at least 4 members (excludes halogenated alkanes) is 2. The summed E-state index contributed by atoms with van der Waals surface area (Å²) in [7, 11) is 0. The molecule has 4 rings (SSSR count). The molecule has 0 radical (unpaired) electrons. The molecule has 3 heterocycles. The second-order valence-electron chi connectivity index (χ2n) is 19.8. The number of aromatic amines is 1. The number of esters is 1. The number of aliphatic hydroxyl groups excluding tert-OH is 1. The SMILES string of the molecule is CC[C@H](C)[C@H](NC(=O)[C@H](Cc1c[nH]c2ccccc12)NC(=O)[C@@H]1CCCN1C(=O)[C@H](CCCN=C(N)N)NC(=O)[C@H](CCCCN)NC(=O)CNC(=O)[C@@H]1CCC(=O)N1)C(=O)N[C@@H](CC(C)C)C(=O)OCCCCO. The Morgan fingerprint density at radius 2 is 1.56 bits per heavy atom. The molecule has 2 aliphatic rings. The van der Waals surface area contributed by atoms with Crippen LogP contribution in [0.3, 0.4) is 0 Å². The fourth-order valence-corrected chi connectivity index (χ4v) is 9.03. The van der Waals surface area contributed by atoms with Gasteiger partial charge in [0.15, 0.2) is 5.96 Å². The molecule has 2 aromatic rings. The minimum Gasteiger partial charge on any atom is -0.464 e. The van der Waals surface area contributed by atoms with Gasteiger partial charge in [-0.2, -0.15) is 0 Å². The largest absolute Gasteiger partial charge is 0.464 e. The van der Waals surface area contributed by atoms with Crippen molar-refractivity contribution in [2.24, 2.45) is 34.0 Å². The first kappa shape index (κ1) is 60.7. The van der Waals surface area contributed by atoms with Crippen molar-refractivity contribution < 1.29 is 53.0 Å². The third-order valence-electron chi connectivity index (χ3n) is 13.4. The van der Waals surface area contributed by atoms with Gasteiger partial charge < -0.3 is 74.1 Å². The Labute approximate surface area is 438 Å². The standard InChI is InChI=1S/C51H81N13O11/c1-5-31(4)43(48(72)62-39(26-30(2)3)50(74)75-25-11-10-24-65)63-46(70)38(27-32-28-56-34-15-7-6-14-33(32)34)61-47(71)40-18-13-23-64(40)49(73)37(17-12-22-55-51(53)54)60-45(69)35(16-8-9-21-52)59-42(67)29-57-44(68)36-19-20-41(66)58-36/h6-7,14-15,28,30-31,35-40,43,56,65H,5,8-13,16-27,29,52H2,1-4H3,(H,57,68)(H,58,66)(H,59,67)(H,60,69)(H,61,71)(H,62,72)(H,63,70)(H4,53,54,55)/t31-,35-,36-,37-,38-,39-,40-,43-/m0/s1. The molecule has 75 heavy (non-hydrogen) atoms. The third-order valence-corrected chi connectivity index (χ3v) is 13.4. The second-order valence-corrected chi connectivity index (χ2v) is 19.8. The molecule has 24 nitrogen and oxygen atoms in total. The summed E-state index contributed by atoms with van der Waals surface area (Å²) >= 11 is 0. The molecule has 15 N–H and O–H groups in total. The number of nitrogens with zero attached hydrogens (tertiary/aromatic N) is 2. The summed E-state index contributed by atoms with van der Waals surface area (Å²) in [5, 5.41) is 29.0. The number of ether oxygens (including phenoxy) is 1.